The summed E-state index contributed by atoms with van der Waals surface area (Å²) >= 11 is 0. The molecule has 4 aromatic carbocycles. The number of benzene rings is 4. The predicted molar refractivity (Wildman–Crippen MR) is 240 cm³/mol. The highest BCUT2D eigenvalue weighted by molar-refractivity contribution is 6.10. The zero-order valence-corrected chi connectivity index (χ0v) is 33.3. The van der Waals surface area contributed by atoms with E-state index in [1.807, 2.05) is 68.5 Å². The van der Waals surface area contributed by atoms with E-state index in [1.165, 1.54) is 5.57 Å². The molecule has 7 nitrogen and oxygen atoms in total. The lowest BCUT2D eigenvalue weighted by Crippen LogP contribution is -2.07. The molecule has 0 saturated heterocycles. The fraction of sp³-hybridized carbons (Fsp3) is 0.120. The van der Waals surface area contributed by atoms with Gasteiger partial charge in [0.1, 0.15) is 0 Å². The zero-order chi connectivity index (χ0) is 39.8. The molecule has 0 aliphatic carbocycles. The van der Waals surface area contributed by atoms with Crippen molar-refractivity contribution in [1.82, 2.24) is 33.5 Å². The Morgan fingerprint density at radius 1 is 0.667 bits per heavy atom. The van der Waals surface area contributed by atoms with Crippen LogP contribution in [0.3, 0.4) is 0 Å². The van der Waals surface area contributed by atoms with Gasteiger partial charge in [0, 0.05) is 33.7 Å². The van der Waals surface area contributed by atoms with E-state index in [0.717, 1.165) is 83.4 Å². The third-order valence-electron chi connectivity index (χ3n) is 10.2. The van der Waals surface area contributed by atoms with Gasteiger partial charge in [0.25, 0.3) is 0 Å². The monoisotopic (exact) mass is 743 g/mol. The average Bonchev–Trinajstić information content (AvgIpc) is 3.85. The third kappa shape index (κ3) is 6.47. The van der Waals surface area contributed by atoms with E-state index < -0.39 is 0 Å². The Morgan fingerprint density at radius 3 is 2.11 bits per heavy atom. The highest BCUT2D eigenvalue weighted by Gasteiger charge is 2.22. The lowest BCUT2D eigenvalue weighted by Gasteiger charge is -2.11. The largest absolute Gasteiger partial charge is 0.285 e. The molecule has 0 bridgehead atoms. The summed E-state index contributed by atoms with van der Waals surface area (Å²) in [5.74, 6) is 2.57. The second-order valence-electron chi connectivity index (χ2n) is 14.3. The molecule has 0 aliphatic rings. The number of aromatic nitrogens is 7. The van der Waals surface area contributed by atoms with E-state index in [4.69, 9.17) is 19.9 Å². The quantitative estimate of drug-likeness (QED) is 0.131. The third-order valence-corrected chi connectivity index (χ3v) is 10.2. The molecule has 4 aromatic heterocycles. The van der Waals surface area contributed by atoms with Gasteiger partial charge in [0.2, 0.25) is 11.7 Å². The summed E-state index contributed by atoms with van der Waals surface area (Å²) in [5.41, 5.74) is 13.5. The molecule has 4 heterocycles. The molecule has 0 amide bonds. The summed E-state index contributed by atoms with van der Waals surface area (Å²) in [6, 6.07) is 31.8. The van der Waals surface area contributed by atoms with Gasteiger partial charge >= 0.3 is 0 Å². The van der Waals surface area contributed by atoms with Crippen LogP contribution in [-0.2, 0) is 0 Å². The Morgan fingerprint density at radius 2 is 1.39 bits per heavy atom. The van der Waals surface area contributed by atoms with E-state index in [-0.39, 0.29) is 0 Å². The first kappa shape index (κ1) is 36.8. The number of para-hydroxylation sites is 1. The lowest BCUT2D eigenvalue weighted by atomic mass is 10.0. The Bertz CT molecular complexity index is 3040. The van der Waals surface area contributed by atoms with Crippen molar-refractivity contribution in [1.29, 1.82) is 0 Å². The van der Waals surface area contributed by atoms with E-state index in [0.29, 0.717) is 17.6 Å². The maximum atomic E-state index is 5.14. The van der Waals surface area contributed by atoms with Gasteiger partial charge in [-0.05, 0) is 88.6 Å². The Balaban J connectivity index is 1.35. The van der Waals surface area contributed by atoms with Crippen LogP contribution in [0.5, 0.6) is 0 Å². The van der Waals surface area contributed by atoms with E-state index in [9.17, 15) is 0 Å². The maximum Gasteiger partial charge on any atom is 0.238 e. The van der Waals surface area contributed by atoms with Crippen LogP contribution in [0.25, 0.3) is 84.4 Å². The Labute approximate surface area is 333 Å². The SMILES string of the molecule is C=C/C(=C\C=C/C)c1nc(-c2ccccc2)nc(-n2c3ccccc3c3cc(-c4ccc5c(c4)n(C=C(C)C)c4nc(C)c(C(/C=C\C)=C(\C)C=C)n54)ccc32)n1. The number of rotatable bonds is 10. The molecule has 8 rings (SSSR count). The van der Waals surface area contributed by atoms with Crippen molar-refractivity contribution in [3.8, 4) is 28.5 Å². The second kappa shape index (κ2) is 15.2. The van der Waals surface area contributed by atoms with E-state index in [2.05, 4.69) is 133 Å². The average molecular weight is 744 g/mol. The van der Waals surface area contributed by atoms with Crippen LogP contribution in [0.2, 0.25) is 0 Å². The maximum absolute atomic E-state index is 5.14. The molecule has 0 saturated carbocycles. The molecular formula is C50H45N7. The van der Waals surface area contributed by atoms with Gasteiger partial charge in [-0.15, -0.1) is 0 Å². The number of nitrogens with zero attached hydrogens (tertiary/aromatic N) is 7. The van der Waals surface area contributed by atoms with Gasteiger partial charge in [-0.3, -0.25) is 13.5 Å². The molecule has 0 unspecified atom stereocenters. The smallest absolute Gasteiger partial charge is 0.238 e. The number of hydrogen-bond acceptors (Lipinski definition) is 4. The summed E-state index contributed by atoms with van der Waals surface area (Å²) < 4.78 is 6.65. The molecule has 0 aliphatic heterocycles. The van der Waals surface area contributed by atoms with Gasteiger partial charge in [-0.2, -0.15) is 9.97 Å². The molecule has 7 heteroatoms. The minimum absolute atomic E-state index is 0.541. The highest BCUT2D eigenvalue weighted by atomic mass is 15.2. The van der Waals surface area contributed by atoms with Crippen LogP contribution in [0, 0.1) is 6.92 Å². The summed E-state index contributed by atoms with van der Waals surface area (Å²) in [5, 5.41) is 2.22. The summed E-state index contributed by atoms with van der Waals surface area (Å²) in [6.07, 6.45) is 16.0. The minimum Gasteiger partial charge on any atom is -0.285 e. The first-order valence-electron chi connectivity index (χ1n) is 19.2. The van der Waals surface area contributed by atoms with Crippen LogP contribution in [0.15, 0.2) is 158 Å². The standard InChI is InChI=1S/C50H45N7/c1-9-13-20-35(12-4)47-52-48(36-21-15-14-16-22-36)54-49(53-47)56-42-24-18-17-23-40(42)41-29-37(25-27-43(41)56)38-26-28-44-45(30-38)55(31-32(5)6)50-51-34(8)46(57(44)50)39(19-10-2)33(7)11-3/h9-31H,3-4H2,1-2,5-8H3/b13-9-,19-10-,35-20+,39-33+. The predicted octanol–water partition coefficient (Wildman–Crippen LogP) is 12.8. The lowest BCUT2D eigenvalue weighted by molar-refractivity contribution is 0.932. The molecule has 8 aromatic rings. The number of aryl methyl sites for hydroxylation is 1. The van der Waals surface area contributed by atoms with Crippen molar-refractivity contribution >= 4 is 56.0 Å². The van der Waals surface area contributed by atoms with Crippen molar-refractivity contribution in [2.45, 2.75) is 41.5 Å². The molecule has 57 heavy (non-hydrogen) atoms. The van der Waals surface area contributed by atoms with Gasteiger partial charge in [0.15, 0.2) is 11.6 Å². The Kier molecular flexibility index (Phi) is 9.82. The molecular weight excluding hydrogens is 699 g/mol. The van der Waals surface area contributed by atoms with Crippen molar-refractivity contribution in [2.24, 2.45) is 0 Å². The molecule has 0 atom stereocenters. The first-order chi connectivity index (χ1) is 27.8. The van der Waals surface area contributed by atoms with Crippen LogP contribution in [0.1, 0.15) is 51.8 Å². The van der Waals surface area contributed by atoms with Crippen LogP contribution in [-0.4, -0.2) is 33.5 Å². The Hall–Kier alpha value is -7.12. The molecule has 0 fully saturated rings. The van der Waals surface area contributed by atoms with Crippen LogP contribution in [0.4, 0.5) is 0 Å². The topological polar surface area (TPSA) is 65.8 Å². The first-order valence-corrected chi connectivity index (χ1v) is 19.2. The van der Waals surface area contributed by atoms with Gasteiger partial charge in [-0.1, -0.05) is 122 Å². The zero-order valence-electron chi connectivity index (χ0n) is 33.3. The fourth-order valence-corrected chi connectivity index (χ4v) is 7.58. The summed E-state index contributed by atoms with van der Waals surface area (Å²) in [6.45, 7) is 20.6. The fourth-order valence-electron chi connectivity index (χ4n) is 7.58. The molecule has 0 spiro atoms. The number of imidazole rings is 2. The second-order valence-corrected chi connectivity index (χ2v) is 14.3. The molecule has 0 radical (unpaired) electrons. The number of hydrogen-bond donors (Lipinski definition) is 0. The van der Waals surface area contributed by atoms with Gasteiger partial charge in [-0.25, -0.2) is 9.97 Å². The normalized spacial score (nSPS) is 12.8. The van der Waals surface area contributed by atoms with E-state index >= 15 is 0 Å². The van der Waals surface area contributed by atoms with Crippen molar-refractivity contribution in [3.05, 3.63) is 175 Å². The number of fused-ring (bicyclic) bond motifs is 6. The van der Waals surface area contributed by atoms with Gasteiger partial charge < -0.3 is 0 Å². The van der Waals surface area contributed by atoms with Crippen molar-refractivity contribution in [3.63, 3.8) is 0 Å². The minimum atomic E-state index is 0.541. The van der Waals surface area contributed by atoms with Crippen LogP contribution >= 0.6 is 0 Å². The summed E-state index contributed by atoms with van der Waals surface area (Å²) in [4.78, 5) is 20.2. The van der Waals surface area contributed by atoms with Crippen molar-refractivity contribution < 1.29 is 0 Å². The van der Waals surface area contributed by atoms with E-state index in [1.54, 1.807) is 6.08 Å². The van der Waals surface area contributed by atoms with Crippen molar-refractivity contribution in [2.75, 3.05) is 0 Å². The molecule has 0 N–H and O–H groups in total. The van der Waals surface area contributed by atoms with Gasteiger partial charge in [0.05, 0.1) is 33.5 Å². The van der Waals surface area contributed by atoms with Crippen LogP contribution < -0.4 is 0 Å². The molecule has 280 valence electrons. The highest BCUT2D eigenvalue weighted by Crippen LogP contribution is 2.37. The summed E-state index contributed by atoms with van der Waals surface area (Å²) in [7, 11) is 0. The number of allylic oxidation sites excluding steroid dienone is 11.